The van der Waals surface area contributed by atoms with E-state index in [1.54, 1.807) is 10.7 Å². The molecule has 3 aliphatic heterocycles. The number of aromatic nitrogens is 3. The van der Waals surface area contributed by atoms with Crippen LogP contribution in [0.1, 0.15) is 40.9 Å². The van der Waals surface area contributed by atoms with E-state index >= 15 is 0 Å². The Balaban J connectivity index is 1.21. The highest BCUT2D eigenvalue weighted by Crippen LogP contribution is 2.36. The minimum absolute atomic E-state index is 0.0631. The molecule has 0 bridgehead atoms. The van der Waals surface area contributed by atoms with Crippen LogP contribution in [-0.2, 0) is 4.74 Å². The minimum atomic E-state index is -0.272. The lowest BCUT2D eigenvalue weighted by atomic mass is 9.84. The topological polar surface area (TPSA) is 72.3 Å². The van der Waals surface area contributed by atoms with Gasteiger partial charge in [-0.15, -0.1) is 5.10 Å². The second kappa shape index (κ2) is 7.81. The number of carbonyl (C=O) groups excluding carboxylic acids is 1. The standard InChI is InChI=1S/C25H24FN5O2/c26-20-5-8-22-18(12-20)11-19(13-27-22)23-14-31(29-28-23)21-6-3-17(4-7-21)24(32)30-10-2-1-9-25(30)15-33-16-25/h3-8,11-12,14,27H,1-2,9-10,13,15-16H2. The predicted molar refractivity (Wildman–Crippen MR) is 123 cm³/mol. The zero-order valence-corrected chi connectivity index (χ0v) is 18.1. The van der Waals surface area contributed by atoms with Crippen molar-refractivity contribution in [2.24, 2.45) is 0 Å². The Hall–Kier alpha value is -3.52. The molecule has 0 unspecified atom stereocenters. The number of anilines is 1. The number of ether oxygens (including phenoxy) is 1. The Morgan fingerprint density at radius 1 is 1.12 bits per heavy atom. The number of benzene rings is 2. The molecule has 1 amide bonds. The van der Waals surface area contributed by atoms with Gasteiger partial charge in [-0.25, -0.2) is 9.07 Å². The fraction of sp³-hybridized carbons (Fsp3) is 0.320. The third kappa shape index (κ3) is 3.51. The highest BCUT2D eigenvalue weighted by Gasteiger charge is 2.47. The van der Waals surface area contributed by atoms with Crippen LogP contribution >= 0.6 is 0 Å². The third-order valence-electron chi connectivity index (χ3n) is 6.85. The summed E-state index contributed by atoms with van der Waals surface area (Å²) in [6.45, 7) is 2.65. The molecule has 1 aromatic heterocycles. The van der Waals surface area contributed by atoms with Gasteiger partial charge in [0.25, 0.3) is 5.91 Å². The van der Waals surface area contributed by atoms with E-state index in [1.807, 2.05) is 41.4 Å². The fourth-order valence-corrected chi connectivity index (χ4v) is 4.91. The first kappa shape index (κ1) is 20.1. The Morgan fingerprint density at radius 2 is 1.97 bits per heavy atom. The van der Waals surface area contributed by atoms with Crippen molar-refractivity contribution < 1.29 is 13.9 Å². The van der Waals surface area contributed by atoms with Crippen LogP contribution in [0.4, 0.5) is 10.1 Å². The predicted octanol–water partition coefficient (Wildman–Crippen LogP) is 3.77. The Labute approximate surface area is 190 Å². The maximum atomic E-state index is 13.6. The molecule has 7 nitrogen and oxygen atoms in total. The van der Waals surface area contributed by atoms with Crippen LogP contribution in [0.2, 0.25) is 0 Å². The summed E-state index contributed by atoms with van der Waals surface area (Å²) in [5.74, 6) is -0.209. The second-order valence-corrected chi connectivity index (χ2v) is 8.98. The number of nitrogens with zero attached hydrogens (tertiary/aromatic N) is 4. The number of carbonyl (C=O) groups is 1. The Bertz CT molecular complexity index is 1250. The van der Waals surface area contributed by atoms with Gasteiger partial charge in [-0.1, -0.05) is 5.21 Å². The van der Waals surface area contributed by atoms with E-state index in [9.17, 15) is 9.18 Å². The average molecular weight is 445 g/mol. The normalized spacial score (nSPS) is 18.8. The summed E-state index contributed by atoms with van der Waals surface area (Å²) in [6.07, 6.45) is 6.98. The lowest BCUT2D eigenvalue weighted by molar-refractivity contribution is -0.139. The molecule has 168 valence electrons. The highest BCUT2D eigenvalue weighted by atomic mass is 19.1. The van der Waals surface area contributed by atoms with Crippen molar-refractivity contribution >= 4 is 23.2 Å². The SMILES string of the molecule is O=C(c1ccc(-n2cc(C3=Cc4cc(F)ccc4NC3)nn2)cc1)N1CCCCC12COC2. The van der Waals surface area contributed by atoms with Gasteiger partial charge in [-0.3, -0.25) is 4.79 Å². The molecule has 3 aliphatic rings. The van der Waals surface area contributed by atoms with E-state index in [-0.39, 0.29) is 17.3 Å². The summed E-state index contributed by atoms with van der Waals surface area (Å²) in [5, 5.41) is 11.9. The molecule has 1 spiro atoms. The van der Waals surface area contributed by atoms with Crippen molar-refractivity contribution in [3.8, 4) is 5.69 Å². The number of halogens is 1. The maximum absolute atomic E-state index is 13.6. The molecule has 2 fully saturated rings. The molecule has 0 atom stereocenters. The van der Waals surface area contributed by atoms with Crippen LogP contribution in [0.25, 0.3) is 17.3 Å². The van der Waals surface area contributed by atoms with Crippen molar-refractivity contribution in [3.05, 3.63) is 71.3 Å². The van der Waals surface area contributed by atoms with Crippen molar-refractivity contribution in [2.75, 3.05) is 31.6 Å². The molecule has 8 heteroatoms. The summed E-state index contributed by atoms with van der Waals surface area (Å²) >= 11 is 0. The lowest BCUT2D eigenvalue weighted by Gasteiger charge is -2.52. The summed E-state index contributed by atoms with van der Waals surface area (Å²) in [7, 11) is 0. The van der Waals surface area contributed by atoms with E-state index < -0.39 is 0 Å². The summed E-state index contributed by atoms with van der Waals surface area (Å²) < 4.78 is 20.7. The number of piperidine rings is 1. The first-order valence-electron chi connectivity index (χ1n) is 11.3. The summed E-state index contributed by atoms with van der Waals surface area (Å²) in [6, 6.07) is 12.2. The number of likely N-dealkylation sites (tertiary alicyclic amines) is 1. The van der Waals surface area contributed by atoms with Crippen LogP contribution < -0.4 is 5.32 Å². The first-order chi connectivity index (χ1) is 16.1. The molecule has 1 N–H and O–H groups in total. The molecule has 33 heavy (non-hydrogen) atoms. The molecule has 3 aromatic rings. The van der Waals surface area contributed by atoms with Gasteiger partial charge < -0.3 is 15.0 Å². The molecule has 0 saturated carbocycles. The van der Waals surface area contributed by atoms with Crippen LogP contribution in [0.15, 0.2) is 48.7 Å². The minimum Gasteiger partial charge on any atom is -0.380 e. The highest BCUT2D eigenvalue weighted by molar-refractivity contribution is 5.95. The smallest absolute Gasteiger partial charge is 0.254 e. The number of nitrogens with one attached hydrogen (secondary N) is 1. The molecular formula is C25H24FN5O2. The van der Waals surface area contributed by atoms with E-state index in [2.05, 4.69) is 15.6 Å². The largest absolute Gasteiger partial charge is 0.380 e. The lowest BCUT2D eigenvalue weighted by Crippen LogP contribution is -2.65. The van der Waals surface area contributed by atoms with Crippen LogP contribution in [-0.4, -0.2) is 57.6 Å². The molecular weight excluding hydrogens is 421 g/mol. The van der Waals surface area contributed by atoms with Crippen molar-refractivity contribution in [1.82, 2.24) is 19.9 Å². The zero-order valence-electron chi connectivity index (χ0n) is 18.1. The molecule has 2 aromatic carbocycles. The van der Waals surface area contributed by atoms with Crippen LogP contribution in [0.3, 0.4) is 0 Å². The van der Waals surface area contributed by atoms with Gasteiger partial charge in [0.05, 0.1) is 30.6 Å². The van der Waals surface area contributed by atoms with Gasteiger partial charge in [0.2, 0.25) is 0 Å². The van der Waals surface area contributed by atoms with Gasteiger partial charge >= 0.3 is 0 Å². The summed E-state index contributed by atoms with van der Waals surface area (Å²) in [5.41, 5.74) is 4.73. The Morgan fingerprint density at radius 3 is 2.76 bits per heavy atom. The first-order valence-corrected chi connectivity index (χ1v) is 11.3. The van der Waals surface area contributed by atoms with Crippen LogP contribution in [0.5, 0.6) is 0 Å². The average Bonchev–Trinajstić information content (AvgIpc) is 3.32. The second-order valence-electron chi connectivity index (χ2n) is 8.98. The number of hydrogen-bond acceptors (Lipinski definition) is 5. The number of rotatable bonds is 3. The number of fused-ring (bicyclic) bond motifs is 1. The van der Waals surface area contributed by atoms with Crippen molar-refractivity contribution in [3.63, 3.8) is 0 Å². The zero-order chi connectivity index (χ0) is 22.4. The van der Waals surface area contributed by atoms with Gasteiger partial charge in [0, 0.05) is 35.5 Å². The quantitative estimate of drug-likeness (QED) is 0.665. The number of amides is 1. The van der Waals surface area contributed by atoms with Crippen molar-refractivity contribution in [1.29, 1.82) is 0 Å². The van der Waals surface area contributed by atoms with Crippen LogP contribution in [0, 0.1) is 5.82 Å². The fourth-order valence-electron chi connectivity index (χ4n) is 4.91. The monoisotopic (exact) mass is 445 g/mol. The molecule has 0 aliphatic carbocycles. The Kier molecular flexibility index (Phi) is 4.76. The van der Waals surface area contributed by atoms with E-state index in [0.717, 1.165) is 54.0 Å². The van der Waals surface area contributed by atoms with Gasteiger partial charge in [0.15, 0.2) is 0 Å². The van der Waals surface area contributed by atoms with E-state index in [4.69, 9.17) is 4.74 Å². The summed E-state index contributed by atoms with van der Waals surface area (Å²) in [4.78, 5) is 15.2. The van der Waals surface area contributed by atoms with E-state index in [0.29, 0.717) is 25.3 Å². The van der Waals surface area contributed by atoms with Crippen molar-refractivity contribution in [2.45, 2.75) is 24.8 Å². The number of hydrogen-bond donors (Lipinski definition) is 1. The third-order valence-corrected chi connectivity index (χ3v) is 6.85. The van der Waals surface area contributed by atoms with Gasteiger partial charge in [-0.05, 0) is 67.8 Å². The van der Waals surface area contributed by atoms with Gasteiger partial charge in [0.1, 0.15) is 11.5 Å². The van der Waals surface area contributed by atoms with E-state index in [1.165, 1.54) is 12.1 Å². The molecule has 4 heterocycles. The van der Waals surface area contributed by atoms with Gasteiger partial charge in [-0.2, -0.15) is 0 Å². The molecule has 6 rings (SSSR count). The maximum Gasteiger partial charge on any atom is 0.254 e. The molecule has 0 radical (unpaired) electrons. The molecule has 2 saturated heterocycles.